The molecule has 2 rings (SSSR count). The Hall–Kier alpha value is -0.540. The first-order valence-corrected chi connectivity index (χ1v) is 4.65. The van der Waals surface area contributed by atoms with Crippen molar-refractivity contribution in [3.63, 3.8) is 0 Å². The van der Waals surface area contributed by atoms with Crippen molar-refractivity contribution in [2.24, 2.45) is 0 Å². The summed E-state index contributed by atoms with van der Waals surface area (Å²) in [6.07, 6.45) is 0. The Labute approximate surface area is 83.0 Å². The van der Waals surface area contributed by atoms with E-state index in [4.69, 9.17) is 11.6 Å². The fourth-order valence-corrected chi connectivity index (χ4v) is 2.18. The van der Waals surface area contributed by atoms with Crippen LogP contribution in [0.4, 0.5) is 0 Å². The van der Waals surface area contributed by atoms with Crippen molar-refractivity contribution < 1.29 is 0 Å². The standard InChI is InChI=1S/C8H6BrClN2/c1-4-2-5(10)7-6(3-4)11-12-8(7)9/h2-3H,1H3,(H,11,12). The van der Waals surface area contributed by atoms with E-state index in [0.29, 0.717) is 0 Å². The molecule has 0 saturated carbocycles. The van der Waals surface area contributed by atoms with E-state index in [1.165, 1.54) is 0 Å². The van der Waals surface area contributed by atoms with Gasteiger partial charge in [0.25, 0.3) is 0 Å². The molecule has 0 aliphatic heterocycles. The Balaban J connectivity index is 2.93. The predicted molar refractivity (Wildman–Crippen MR) is 53.5 cm³/mol. The molecule has 4 heteroatoms. The van der Waals surface area contributed by atoms with Crippen LogP contribution in [0, 0.1) is 6.92 Å². The molecule has 1 aromatic carbocycles. The molecule has 62 valence electrons. The number of hydrogen-bond acceptors (Lipinski definition) is 1. The molecule has 2 aromatic rings. The molecule has 0 unspecified atom stereocenters. The van der Waals surface area contributed by atoms with Crippen LogP contribution < -0.4 is 0 Å². The molecule has 0 bridgehead atoms. The number of halogens is 2. The van der Waals surface area contributed by atoms with Gasteiger partial charge in [0, 0.05) is 0 Å². The third kappa shape index (κ3) is 1.13. The first-order chi connectivity index (χ1) is 5.68. The van der Waals surface area contributed by atoms with E-state index < -0.39 is 0 Å². The van der Waals surface area contributed by atoms with Crippen molar-refractivity contribution in [1.29, 1.82) is 0 Å². The highest BCUT2D eigenvalue weighted by Crippen LogP contribution is 2.29. The molecule has 1 heterocycles. The lowest BCUT2D eigenvalue weighted by Gasteiger charge is -1.95. The van der Waals surface area contributed by atoms with Gasteiger partial charge in [-0.2, -0.15) is 5.10 Å². The number of fused-ring (bicyclic) bond motifs is 1. The van der Waals surface area contributed by atoms with E-state index in [2.05, 4.69) is 26.1 Å². The van der Waals surface area contributed by atoms with Crippen LogP contribution in [0.25, 0.3) is 10.9 Å². The van der Waals surface area contributed by atoms with Gasteiger partial charge in [-0.25, -0.2) is 0 Å². The van der Waals surface area contributed by atoms with E-state index in [0.717, 1.165) is 26.1 Å². The Bertz CT molecular complexity index is 436. The summed E-state index contributed by atoms with van der Waals surface area (Å²) in [6, 6.07) is 3.91. The van der Waals surface area contributed by atoms with Crippen LogP contribution in [0.5, 0.6) is 0 Å². The molecule has 1 aromatic heterocycles. The number of hydrogen-bond donors (Lipinski definition) is 1. The van der Waals surface area contributed by atoms with Gasteiger partial charge in [-0.3, -0.25) is 5.10 Å². The van der Waals surface area contributed by atoms with Gasteiger partial charge in [-0.1, -0.05) is 11.6 Å². The quantitative estimate of drug-likeness (QED) is 0.758. The highest BCUT2D eigenvalue weighted by molar-refractivity contribution is 9.10. The minimum absolute atomic E-state index is 0.727. The van der Waals surface area contributed by atoms with E-state index in [1.807, 2.05) is 19.1 Å². The molecular weight excluding hydrogens is 239 g/mol. The maximum atomic E-state index is 6.02. The highest BCUT2D eigenvalue weighted by atomic mass is 79.9. The summed E-state index contributed by atoms with van der Waals surface area (Å²) in [5.74, 6) is 0. The number of nitrogens with zero attached hydrogens (tertiary/aromatic N) is 1. The number of benzene rings is 1. The maximum absolute atomic E-state index is 6.02. The van der Waals surface area contributed by atoms with Crippen molar-refractivity contribution in [3.8, 4) is 0 Å². The number of aromatic nitrogens is 2. The highest BCUT2D eigenvalue weighted by Gasteiger charge is 2.06. The molecule has 0 atom stereocenters. The van der Waals surface area contributed by atoms with E-state index in [9.17, 15) is 0 Å². The second-order valence-electron chi connectivity index (χ2n) is 2.68. The van der Waals surface area contributed by atoms with Crippen LogP contribution in [-0.2, 0) is 0 Å². The van der Waals surface area contributed by atoms with Crippen LogP contribution in [0.1, 0.15) is 5.56 Å². The summed E-state index contributed by atoms with van der Waals surface area (Å²) in [7, 11) is 0. The summed E-state index contributed by atoms with van der Waals surface area (Å²) in [5, 5.41) is 8.58. The van der Waals surface area contributed by atoms with E-state index >= 15 is 0 Å². The lowest BCUT2D eigenvalue weighted by molar-refractivity contribution is 1.09. The number of nitrogens with one attached hydrogen (secondary N) is 1. The van der Waals surface area contributed by atoms with Gasteiger partial charge in [0.15, 0.2) is 0 Å². The summed E-state index contributed by atoms with van der Waals surface area (Å²) in [5.41, 5.74) is 2.01. The lowest BCUT2D eigenvalue weighted by atomic mass is 10.2. The third-order valence-corrected chi connectivity index (χ3v) is 2.58. The molecule has 0 radical (unpaired) electrons. The zero-order valence-electron chi connectivity index (χ0n) is 6.36. The average molecular weight is 246 g/mol. The van der Waals surface area contributed by atoms with Gasteiger partial charge in [0.05, 0.1) is 15.9 Å². The average Bonchev–Trinajstić information content (AvgIpc) is 2.31. The zero-order chi connectivity index (χ0) is 8.72. The molecule has 1 N–H and O–H groups in total. The SMILES string of the molecule is Cc1cc(Cl)c2c(Br)[nH]nc2c1. The van der Waals surface area contributed by atoms with Crippen LogP contribution in [-0.4, -0.2) is 10.2 Å². The molecule has 2 nitrogen and oxygen atoms in total. The topological polar surface area (TPSA) is 28.7 Å². The number of aromatic amines is 1. The van der Waals surface area contributed by atoms with Crippen molar-refractivity contribution in [3.05, 3.63) is 27.3 Å². The molecular formula is C8H6BrClN2. The number of rotatable bonds is 0. The smallest absolute Gasteiger partial charge is 0.110 e. The van der Waals surface area contributed by atoms with Crippen molar-refractivity contribution in [2.75, 3.05) is 0 Å². The normalized spacial score (nSPS) is 10.9. The minimum atomic E-state index is 0.727. The summed E-state index contributed by atoms with van der Waals surface area (Å²) in [6.45, 7) is 1.99. The second kappa shape index (κ2) is 2.75. The zero-order valence-corrected chi connectivity index (χ0v) is 8.70. The summed E-state index contributed by atoms with van der Waals surface area (Å²) < 4.78 is 0.836. The Morgan fingerprint density at radius 3 is 3.00 bits per heavy atom. The van der Waals surface area contributed by atoms with Crippen LogP contribution in [0.3, 0.4) is 0 Å². The molecule has 0 amide bonds. The van der Waals surface area contributed by atoms with Gasteiger partial charge in [-0.15, -0.1) is 0 Å². The van der Waals surface area contributed by atoms with Crippen molar-refractivity contribution in [1.82, 2.24) is 10.2 Å². The Morgan fingerprint density at radius 2 is 2.25 bits per heavy atom. The minimum Gasteiger partial charge on any atom is -0.270 e. The monoisotopic (exact) mass is 244 g/mol. The summed E-state index contributed by atoms with van der Waals surface area (Å²) in [4.78, 5) is 0. The first kappa shape index (κ1) is 8.08. The lowest BCUT2D eigenvalue weighted by Crippen LogP contribution is -1.74. The van der Waals surface area contributed by atoms with Crippen LogP contribution in [0.2, 0.25) is 5.02 Å². The van der Waals surface area contributed by atoms with E-state index in [-0.39, 0.29) is 0 Å². The van der Waals surface area contributed by atoms with Crippen LogP contribution in [0.15, 0.2) is 16.7 Å². The fraction of sp³-hybridized carbons (Fsp3) is 0.125. The maximum Gasteiger partial charge on any atom is 0.110 e. The number of H-pyrrole nitrogens is 1. The Morgan fingerprint density at radius 1 is 1.50 bits per heavy atom. The van der Waals surface area contributed by atoms with Crippen LogP contribution >= 0.6 is 27.5 Å². The van der Waals surface area contributed by atoms with Gasteiger partial charge in [0.2, 0.25) is 0 Å². The fourth-order valence-electron chi connectivity index (χ4n) is 1.19. The molecule has 0 saturated heterocycles. The van der Waals surface area contributed by atoms with Crippen molar-refractivity contribution in [2.45, 2.75) is 6.92 Å². The predicted octanol–water partition coefficient (Wildman–Crippen LogP) is 3.29. The third-order valence-electron chi connectivity index (χ3n) is 1.71. The van der Waals surface area contributed by atoms with Gasteiger partial charge in [-0.05, 0) is 40.5 Å². The van der Waals surface area contributed by atoms with Gasteiger partial charge < -0.3 is 0 Å². The van der Waals surface area contributed by atoms with Gasteiger partial charge in [0.1, 0.15) is 4.60 Å². The number of aryl methyl sites for hydroxylation is 1. The van der Waals surface area contributed by atoms with E-state index in [1.54, 1.807) is 0 Å². The first-order valence-electron chi connectivity index (χ1n) is 3.48. The molecule has 0 aliphatic rings. The molecule has 0 spiro atoms. The molecule has 0 fully saturated rings. The van der Waals surface area contributed by atoms with Crippen molar-refractivity contribution >= 4 is 38.4 Å². The Kier molecular flexibility index (Phi) is 1.85. The summed E-state index contributed by atoms with van der Waals surface area (Å²) >= 11 is 9.36. The largest absolute Gasteiger partial charge is 0.270 e. The molecule has 12 heavy (non-hydrogen) atoms. The molecule has 0 aliphatic carbocycles. The van der Waals surface area contributed by atoms with Gasteiger partial charge >= 0.3 is 0 Å². The second-order valence-corrected chi connectivity index (χ2v) is 3.88.